The van der Waals surface area contributed by atoms with E-state index in [-0.39, 0.29) is 0 Å². The van der Waals surface area contributed by atoms with E-state index in [0.717, 1.165) is 36.7 Å². The van der Waals surface area contributed by atoms with Crippen LogP contribution in [0, 0.1) is 11.3 Å². The summed E-state index contributed by atoms with van der Waals surface area (Å²) in [5.74, 6) is 2.17. The number of ether oxygens (including phenoxy) is 2. The van der Waals surface area contributed by atoms with Crippen molar-refractivity contribution in [1.29, 1.82) is 5.26 Å². The number of fused-ring (bicyclic) bond motifs is 3. The van der Waals surface area contributed by atoms with Crippen LogP contribution in [0.4, 0.5) is 5.82 Å². The van der Waals surface area contributed by atoms with Crippen molar-refractivity contribution in [3.63, 3.8) is 0 Å². The van der Waals surface area contributed by atoms with Gasteiger partial charge in [0.05, 0.1) is 25.5 Å². The highest BCUT2D eigenvalue weighted by atomic mass is 32.2. The molecule has 212 valence electrons. The Labute approximate surface area is 239 Å². The molecule has 0 radical (unpaired) electrons. The number of hydrogen-bond acceptors (Lipinski definition) is 10. The maximum absolute atomic E-state index is 11.8. The maximum Gasteiger partial charge on any atom is 0.212 e. The van der Waals surface area contributed by atoms with Crippen LogP contribution in [0.15, 0.2) is 59.4 Å². The quantitative estimate of drug-likeness (QED) is 0.278. The van der Waals surface area contributed by atoms with Gasteiger partial charge in [-0.05, 0) is 24.1 Å². The summed E-state index contributed by atoms with van der Waals surface area (Å²) in [4.78, 5) is 18.5. The average Bonchev–Trinajstić information content (AvgIpc) is 3.41. The van der Waals surface area contributed by atoms with Crippen LogP contribution in [0.2, 0.25) is 0 Å². The fourth-order valence-corrected chi connectivity index (χ4v) is 6.09. The van der Waals surface area contributed by atoms with E-state index in [4.69, 9.17) is 14.5 Å². The number of nitrogens with zero attached hydrogens (tertiary/aromatic N) is 8. The Hall–Kier alpha value is -4.21. The van der Waals surface area contributed by atoms with Crippen molar-refractivity contribution in [2.45, 2.75) is 25.0 Å². The molecule has 7 heterocycles. The molecule has 12 heteroatoms. The average molecular weight is 573 g/mol. The molecule has 3 fully saturated rings. The third-order valence-corrected chi connectivity index (χ3v) is 8.35. The van der Waals surface area contributed by atoms with Crippen molar-refractivity contribution in [3.8, 4) is 29.0 Å². The van der Waals surface area contributed by atoms with Crippen LogP contribution in [0.3, 0.4) is 0 Å². The number of anilines is 1. The van der Waals surface area contributed by atoms with Gasteiger partial charge in [-0.3, -0.25) is 13.5 Å². The smallest absolute Gasteiger partial charge is 0.212 e. The second-order valence-electron chi connectivity index (χ2n) is 10.6. The Balaban J connectivity index is 1.17. The van der Waals surface area contributed by atoms with Gasteiger partial charge in [-0.2, -0.15) is 5.26 Å². The van der Waals surface area contributed by atoms with Crippen LogP contribution in [0.5, 0.6) is 11.6 Å². The topological polar surface area (TPSA) is 121 Å². The first-order valence-electron chi connectivity index (χ1n) is 13.4. The van der Waals surface area contributed by atoms with Gasteiger partial charge >= 0.3 is 0 Å². The number of pyridine rings is 3. The van der Waals surface area contributed by atoms with E-state index in [1.807, 2.05) is 36.7 Å². The molecule has 41 heavy (non-hydrogen) atoms. The molecule has 0 aromatic carbocycles. The molecule has 4 aromatic heterocycles. The molecule has 2 unspecified atom stereocenters. The summed E-state index contributed by atoms with van der Waals surface area (Å²) in [6.45, 7) is 3.35. The van der Waals surface area contributed by atoms with Crippen molar-refractivity contribution in [2.75, 3.05) is 50.8 Å². The predicted octanol–water partition coefficient (Wildman–Crippen LogP) is 3.24. The summed E-state index contributed by atoms with van der Waals surface area (Å²) in [6.07, 6.45) is 9.69. The molecule has 11 nitrogen and oxygen atoms in total. The maximum atomic E-state index is 11.8. The van der Waals surface area contributed by atoms with Gasteiger partial charge in [0, 0.05) is 90.1 Å². The lowest BCUT2D eigenvalue weighted by Crippen LogP contribution is -2.68. The fourth-order valence-electron chi connectivity index (χ4n) is 5.58. The van der Waals surface area contributed by atoms with Crippen molar-refractivity contribution in [3.05, 3.63) is 66.2 Å². The SMILES string of the molecule is COc1ccc(CN2C3CC2CN(c2ccc(-c4cc(OCCN=S(C)(C)=O)cc5ncc(C#N)n45)cn2)C3)cn1. The van der Waals surface area contributed by atoms with Gasteiger partial charge in [0.15, 0.2) is 0 Å². The van der Waals surface area contributed by atoms with Crippen LogP contribution < -0.4 is 14.4 Å². The van der Waals surface area contributed by atoms with Crippen LogP contribution in [-0.2, 0) is 16.3 Å². The Morgan fingerprint density at radius 1 is 1.07 bits per heavy atom. The Bertz CT molecular complexity index is 1700. The molecular formula is C29H32N8O3S. The van der Waals surface area contributed by atoms with E-state index in [9.17, 15) is 9.47 Å². The number of piperazine rings is 1. The summed E-state index contributed by atoms with van der Waals surface area (Å²) >= 11 is 0. The zero-order valence-corrected chi connectivity index (χ0v) is 24.1. The summed E-state index contributed by atoms with van der Waals surface area (Å²) in [7, 11) is -0.550. The third-order valence-electron chi connectivity index (χ3n) is 7.54. The van der Waals surface area contributed by atoms with E-state index in [0.29, 0.717) is 48.2 Å². The Kier molecular flexibility index (Phi) is 7.23. The standard InChI is InChI=1S/C29H32N8O3S/c1-39-29-7-4-20(14-33-29)17-36-22-10-23(36)19-35(18-22)27-6-5-21(15-31-27)26-11-25(40-9-8-34-41(2,3)38)12-28-32-16-24(13-30)37(26)28/h4-7,11-12,14-16,22-23H,8-10,17-19H2,1-3H3. The zero-order chi connectivity index (χ0) is 28.6. The van der Waals surface area contributed by atoms with Crippen molar-refractivity contribution in [1.82, 2.24) is 24.3 Å². The largest absolute Gasteiger partial charge is 0.491 e. The fraction of sp³-hybridized carbons (Fsp3) is 0.379. The second kappa shape index (κ2) is 11.0. The first-order valence-corrected chi connectivity index (χ1v) is 15.8. The highest BCUT2D eigenvalue weighted by molar-refractivity contribution is 7.92. The molecule has 2 atom stereocenters. The van der Waals surface area contributed by atoms with E-state index < -0.39 is 9.73 Å². The molecule has 3 aliphatic heterocycles. The Morgan fingerprint density at radius 2 is 1.90 bits per heavy atom. The van der Waals surface area contributed by atoms with Crippen molar-refractivity contribution in [2.24, 2.45) is 4.36 Å². The minimum absolute atomic E-state index is 0.292. The van der Waals surface area contributed by atoms with E-state index in [1.165, 1.54) is 12.0 Å². The van der Waals surface area contributed by atoms with Crippen molar-refractivity contribution >= 4 is 21.2 Å². The summed E-state index contributed by atoms with van der Waals surface area (Å²) in [5, 5.41) is 9.68. The van der Waals surface area contributed by atoms with Gasteiger partial charge < -0.3 is 14.4 Å². The lowest BCUT2D eigenvalue weighted by Gasteiger charge is -2.56. The van der Waals surface area contributed by atoms with Crippen LogP contribution >= 0.6 is 0 Å². The number of imidazole rings is 1. The van der Waals surface area contributed by atoms with Gasteiger partial charge in [0.1, 0.15) is 35.6 Å². The first kappa shape index (κ1) is 27.0. The molecule has 3 saturated heterocycles. The van der Waals surface area contributed by atoms with Gasteiger partial charge in [0.2, 0.25) is 5.88 Å². The molecule has 3 aliphatic rings. The minimum atomic E-state index is -2.18. The Morgan fingerprint density at radius 3 is 2.56 bits per heavy atom. The van der Waals surface area contributed by atoms with Crippen LogP contribution in [-0.4, -0.2) is 86.4 Å². The molecule has 0 amide bonds. The van der Waals surface area contributed by atoms with Gasteiger partial charge in [0.25, 0.3) is 0 Å². The van der Waals surface area contributed by atoms with Gasteiger partial charge in [-0.1, -0.05) is 6.07 Å². The number of aromatic nitrogens is 4. The predicted molar refractivity (Wildman–Crippen MR) is 157 cm³/mol. The number of methoxy groups -OCH3 is 1. The van der Waals surface area contributed by atoms with Crippen LogP contribution in [0.1, 0.15) is 17.7 Å². The molecule has 0 N–H and O–H groups in total. The molecule has 0 spiro atoms. The monoisotopic (exact) mass is 572 g/mol. The van der Waals surface area contributed by atoms with E-state index in [1.54, 1.807) is 36.3 Å². The second-order valence-corrected chi connectivity index (χ2v) is 13.3. The lowest BCUT2D eigenvalue weighted by molar-refractivity contribution is -0.00876. The molecular weight excluding hydrogens is 540 g/mol. The number of nitriles is 1. The molecule has 7 rings (SSSR count). The number of rotatable bonds is 9. The van der Waals surface area contributed by atoms with Crippen molar-refractivity contribution < 1.29 is 13.7 Å². The normalized spacial score (nSPS) is 18.5. The highest BCUT2D eigenvalue weighted by Crippen LogP contribution is 2.36. The third kappa shape index (κ3) is 5.68. The molecule has 0 aliphatic carbocycles. The number of hydrogen-bond donors (Lipinski definition) is 0. The molecule has 2 bridgehead atoms. The van der Waals surface area contributed by atoms with E-state index in [2.05, 4.69) is 36.3 Å². The molecule has 4 aromatic rings. The zero-order valence-electron chi connectivity index (χ0n) is 23.3. The minimum Gasteiger partial charge on any atom is -0.491 e. The summed E-state index contributed by atoms with van der Waals surface area (Å²) < 4.78 is 28.9. The lowest BCUT2D eigenvalue weighted by atomic mass is 9.87. The highest BCUT2D eigenvalue weighted by Gasteiger charge is 2.44. The first-order chi connectivity index (χ1) is 19.8. The molecule has 0 saturated carbocycles. The van der Waals surface area contributed by atoms with Gasteiger partial charge in [-0.15, -0.1) is 0 Å². The van der Waals surface area contributed by atoms with E-state index >= 15 is 0 Å². The summed E-state index contributed by atoms with van der Waals surface area (Å²) in [6, 6.07) is 14.9. The summed E-state index contributed by atoms with van der Waals surface area (Å²) in [5.41, 5.74) is 3.84. The van der Waals surface area contributed by atoms with Crippen LogP contribution in [0.25, 0.3) is 16.9 Å². The van der Waals surface area contributed by atoms with Gasteiger partial charge in [-0.25, -0.2) is 19.3 Å². The number of piperidine rings is 1.